The lowest BCUT2D eigenvalue weighted by molar-refractivity contribution is 0.0922. The minimum absolute atomic E-state index is 0.247. The highest BCUT2D eigenvalue weighted by Crippen LogP contribution is 2.33. The summed E-state index contributed by atoms with van der Waals surface area (Å²) in [4.78, 5) is 14.9. The molecule has 0 spiro atoms. The number of hydrogen-bond acceptors (Lipinski definition) is 5. The second-order valence-electron chi connectivity index (χ2n) is 8.83. The molecule has 1 N–H and O–H groups in total. The molecule has 0 aliphatic carbocycles. The maximum Gasteiger partial charge on any atom is 0.287 e. The second kappa shape index (κ2) is 11.7. The number of carbonyl (C=O) groups excluding carboxylic acids is 1. The fourth-order valence-electron chi connectivity index (χ4n) is 4.23. The van der Waals surface area contributed by atoms with Crippen molar-refractivity contribution in [1.29, 1.82) is 0 Å². The van der Waals surface area contributed by atoms with E-state index in [9.17, 15) is 4.79 Å². The molecule has 37 heavy (non-hydrogen) atoms. The predicted molar refractivity (Wildman–Crippen MR) is 143 cm³/mol. The summed E-state index contributed by atoms with van der Waals surface area (Å²) in [6.07, 6.45) is 0.593. The highest BCUT2D eigenvalue weighted by atomic mass is 35.5. The molecule has 190 valence electrons. The monoisotopic (exact) mass is 536 g/mol. The maximum atomic E-state index is 12.7. The van der Waals surface area contributed by atoms with E-state index in [0.29, 0.717) is 41.9 Å². The first kappa shape index (κ1) is 25.2. The first-order chi connectivity index (χ1) is 18.0. The average molecular weight is 537 g/mol. The Morgan fingerprint density at radius 3 is 2.49 bits per heavy atom. The number of fused-ring (bicyclic) bond motifs is 1. The van der Waals surface area contributed by atoms with Crippen molar-refractivity contribution in [2.45, 2.75) is 26.1 Å². The van der Waals surface area contributed by atoms with Crippen molar-refractivity contribution in [3.63, 3.8) is 0 Å². The van der Waals surface area contributed by atoms with Crippen molar-refractivity contribution < 1.29 is 18.7 Å². The van der Waals surface area contributed by atoms with Crippen molar-refractivity contribution in [3.8, 4) is 11.5 Å². The van der Waals surface area contributed by atoms with E-state index in [0.717, 1.165) is 29.2 Å². The third-order valence-corrected chi connectivity index (χ3v) is 6.64. The fourth-order valence-corrected chi connectivity index (χ4v) is 4.74. The number of nitrogens with zero attached hydrogens (tertiary/aromatic N) is 1. The van der Waals surface area contributed by atoms with Gasteiger partial charge < -0.3 is 19.2 Å². The van der Waals surface area contributed by atoms with E-state index >= 15 is 0 Å². The smallest absolute Gasteiger partial charge is 0.287 e. The van der Waals surface area contributed by atoms with Gasteiger partial charge in [0, 0.05) is 29.7 Å². The Labute approximate surface area is 225 Å². The Morgan fingerprint density at radius 1 is 0.838 bits per heavy atom. The van der Waals surface area contributed by atoms with E-state index in [2.05, 4.69) is 22.3 Å². The molecule has 4 aromatic rings. The molecule has 2 heterocycles. The molecule has 1 aromatic heterocycles. The second-order valence-corrected chi connectivity index (χ2v) is 9.67. The Balaban J connectivity index is 1.22. The normalized spacial score (nSPS) is 12.2. The van der Waals surface area contributed by atoms with E-state index < -0.39 is 0 Å². The van der Waals surface area contributed by atoms with Gasteiger partial charge in [-0.05, 0) is 59.5 Å². The van der Waals surface area contributed by atoms with Crippen LogP contribution in [0.25, 0.3) is 0 Å². The van der Waals surface area contributed by atoms with Crippen LogP contribution in [0.4, 0.5) is 0 Å². The zero-order valence-corrected chi connectivity index (χ0v) is 21.6. The summed E-state index contributed by atoms with van der Waals surface area (Å²) in [5.41, 5.74) is 3.21. The summed E-state index contributed by atoms with van der Waals surface area (Å²) in [7, 11) is 0. The van der Waals surface area contributed by atoms with Gasteiger partial charge in [0.05, 0.1) is 6.54 Å². The van der Waals surface area contributed by atoms with Crippen LogP contribution >= 0.6 is 23.2 Å². The van der Waals surface area contributed by atoms with E-state index in [-0.39, 0.29) is 18.5 Å². The highest BCUT2D eigenvalue weighted by Gasteiger charge is 2.17. The van der Waals surface area contributed by atoms with E-state index in [1.165, 1.54) is 5.56 Å². The van der Waals surface area contributed by atoms with Crippen molar-refractivity contribution in [1.82, 2.24) is 10.2 Å². The van der Waals surface area contributed by atoms with Gasteiger partial charge >= 0.3 is 0 Å². The maximum absolute atomic E-state index is 12.7. The van der Waals surface area contributed by atoms with Crippen LogP contribution in [0, 0.1) is 0 Å². The Hall–Kier alpha value is -3.45. The number of ether oxygens (including phenoxy) is 2. The van der Waals surface area contributed by atoms with Crippen molar-refractivity contribution in [3.05, 3.63) is 117 Å². The molecule has 0 fully saturated rings. The molecule has 1 amide bonds. The molecule has 1 aliphatic heterocycles. The Bertz CT molecular complexity index is 1370. The third-order valence-electron chi connectivity index (χ3n) is 6.05. The van der Waals surface area contributed by atoms with E-state index in [1.807, 2.05) is 48.5 Å². The average Bonchev–Trinajstić information content (AvgIpc) is 3.55. The third kappa shape index (κ3) is 6.66. The van der Waals surface area contributed by atoms with E-state index in [4.69, 9.17) is 37.1 Å². The lowest BCUT2D eigenvalue weighted by atomic mass is 10.1. The fraction of sp³-hybridized carbons (Fsp3) is 0.207. The van der Waals surface area contributed by atoms with Crippen molar-refractivity contribution in [2.24, 2.45) is 0 Å². The minimum Gasteiger partial charge on any atom is -0.455 e. The number of rotatable bonds is 10. The molecular formula is C29H26Cl2N2O4. The van der Waals surface area contributed by atoms with Gasteiger partial charge in [0.25, 0.3) is 5.91 Å². The summed E-state index contributed by atoms with van der Waals surface area (Å²) < 4.78 is 16.9. The van der Waals surface area contributed by atoms with Crippen LogP contribution < -0.4 is 14.8 Å². The summed E-state index contributed by atoms with van der Waals surface area (Å²) in [6, 6.07) is 25.1. The molecule has 3 aromatic carbocycles. The summed E-state index contributed by atoms with van der Waals surface area (Å²) >= 11 is 12.2. The molecule has 0 bridgehead atoms. The van der Waals surface area contributed by atoms with Gasteiger partial charge in [0.2, 0.25) is 6.79 Å². The van der Waals surface area contributed by atoms with Crippen LogP contribution in [-0.4, -0.2) is 24.1 Å². The summed E-state index contributed by atoms with van der Waals surface area (Å²) in [5, 5.41) is 4.07. The number of amides is 1. The SMILES string of the molecule is O=C(NCCc1ccc(Cl)cc1Cl)c1ccc(CN(Cc2ccccc2)Cc2ccc3c(c2)OCO3)o1. The summed E-state index contributed by atoms with van der Waals surface area (Å²) in [5.74, 6) is 2.25. The number of nitrogens with one attached hydrogen (secondary N) is 1. The van der Waals surface area contributed by atoms with Crippen LogP contribution in [0.1, 0.15) is 33.0 Å². The first-order valence-corrected chi connectivity index (χ1v) is 12.7. The molecule has 0 saturated heterocycles. The van der Waals surface area contributed by atoms with Crippen LogP contribution in [-0.2, 0) is 26.1 Å². The number of benzene rings is 3. The molecule has 0 saturated carbocycles. The van der Waals surface area contributed by atoms with Crippen LogP contribution in [0.5, 0.6) is 11.5 Å². The molecule has 0 radical (unpaired) electrons. The van der Waals surface area contributed by atoms with Gasteiger partial charge in [-0.3, -0.25) is 9.69 Å². The zero-order valence-electron chi connectivity index (χ0n) is 20.1. The topological polar surface area (TPSA) is 63.9 Å². The number of furan rings is 1. The van der Waals surface area contributed by atoms with Crippen LogP contribution in [0.3, 0.4) is 0 Å². The van der Waals surface area contributed by atoms with Crippen LogP contribution in [0.2, 0.25) is 10.0 Å². The van der Waals surface area contributed by atoms with Gasteiger partial charge in [-0.25, -0.2) is 0 Å². The van der Waals surface area contributed by atoms with Gasteiger partial charge in [-0.1, -0.05) is 65.7 Å². The Morgan fingerprint density at radius 2 is 1.65 bits per heavy atom. The molecule has 1 aliphatic rings. The van der Waals surface area contributed by atoms with Gasteiger partial charge in [0.1, 0.15) is 5.76 Å². The standard InChI is InChI=1S/C29H26Cl2N2O4/c30-23-8-7-22(25(31)15-23)12-13-32-29(34)27-11-9-24(37-27)18-33(16-20-4-2-1-3-5-20)17-21-6-10-26-28(14-21)36-19-35-26/h1-11,14-15H,12-13,16-19H2,(H,32,34). The van der Waals surface area contributed by atoms with Crippen molar-refractivity contribution >= 4 is 29.1 Å². The number of hydrogen-bond donors (Lipinski definition) is 1. The van der Waals surface area contributed by atoms with Gasteiger partial charge in [-0.15, -0.1) is 0 Å². The molecular weight excluding hydrogens is 511 g/mol. The lowest BCUT2D eigenvalue weighted by Crippen LogP contribution is -2.25. The number of halogens is 2. The van der Waals surface area contributed by atoms with Gasteiger partial charge in [-0.2, -0.15) is 0 Å². The largest absolute Gasteiger partial charge is 0.455 e. The molecule has 8 heteroatoms. The quantitative estimate of drug-likeness (QED) is 0.251. The first-order valence-electron chi connectivity index (χ1n) is 12.0. The Kier molecular flexibility index (Phi) is 7.99. The minimum atomic E-state index is -0.262. The number of carbonyl (C=O) groups is 1. The van der Waals surface area contributed by atoms with Gasteiger partial charge in [0.15, 0.2) is 17.3 Å². The summed E-state index contributed by atoms with van der Waals surface area (Å²) in [6.45, 7) is 2.61. The predicted octanol–water partition coefficient (Wildman–Crippen LogP) is 6.49. The molecule has 5 rings (SSSR count). The molecule has 0 unspecified atom stereocenters. The molecule has 0 atom stereocenters. The van der Waals surface area contributed by atoms with E-state index in [1.54, 1.807) is 18.2 Å². The zero-order chi connectivity index (χ0) is 25.6. The van der Waals surface area contributed by atoms with Crippen LogP contribution in [0.15, 0.2) is 83.3 Å². The lowest BCUT2D eigenvalue weighted by Gasteiger charge is -2.21. The van der Waals surface area contributed by atoms with Crippen molar-refractivity contribution in [2.75, 3.05) is 13.3 Å². The molecule has 6 nitrogen and oxygen atoms in total. The highest BCUT2D eigenvalue weighted by molar-refractivity contribution is 6.35.